The molecule has 1 aromatic heterocycles. The maximum absolute atomic E-state index is 12.7. The molecule has 0 radical (unpaired) electrons. The minimum atomic E-state index is -0.936. The first-order valence-corrected chi connectivity index (χ1v) is 11.9. The van der Waals surface area contributed by atoms with Crippen molar-refractivity contribution in [2.45, 2.75) is 51.7 Å². The van der Waals surface area contributed by atoms with Crippen LogP contribution in [0.25, 0.3) is 11.3 Å². The van der Waals surface area contributed by atoms with Crippen LogP contribution in [0, 0.1) is 12.8 Å². The van der Waals surface area contributed by atoms with Crippen LogP contribution in [0.2, 0.25) is 0 Å². The Morgan fingerprint density at radius 1 is 1.11 bits per heavy atom. The molecule has 2 amide bonds. The average Bonchev–Trinajstić information content (AvgIpc) is 3.60. The van der Waals surface area contributed by atoms with Crippen LogP contribution in [0.3, 0.4) is 0 Å². The molecule has 3 aromatic rings. The molecule has 9 heteroatoms. The van der Waals surface area contributed by atoms with Crippen LogP contribution in [0.1, 0.15) is 60.3 Å². The standard InChI is InChI=1S/C27H29N3O6/c1-16-24(29-27(34)35-17(2)19-6-4-3-5-7-19)25(36-30-16)20-10-12-21(13-11-20)26(33)28-22(15-23(31)32)14-18-8-9-18/h3-7,10-13,17-18,22H,8-9,14-15H2,1-2H3,(H,28,33)(H,29,34)(H,31,32). The number of hydrogen-bond donors (Lipinski definition) is 3. The van der Waals surface area contributed by atoms with Crippen molar-refractivity contribution in [3.63, 3.8) is 0 Å². The van der Waals surface area contributed by atoms with Crippen molar-refractivity contribution in [2.75, 3.05) is 5.32 Å². The highest BCUT2D eigenvalue weighted by Gasteiger charge is 2.28. The summed E-state index contributed by atoms with van der Waals surface area (Å²) < 4.78 is 10.9. The Labute approximate surface area is 208 Å². The van der Waals surface area contributed by atoms with Crippen LogP contribution < -0.4 is 10.6 Å². The number of nitrogens with one attached hydrogen (secondary N) is 2. The third-order valence-electron chi connectivity index (χ3n) is 6.12. The predicted molar refractivity (Wildman–Crippen MR) is 132 cm³/mol. The number of benzene rings is 2. The Morgan fingerprint density at radius 3 is 2.44 bits per heavy atom. The van der Waals surface area contributed by atoms with Crippen molar-refractivity contribution in [3.05, 3.63) is 71.4 Å². The zero-order valence-corrected chi connectivity index (χ0v) is 20.2. The first-order chi connectivity index (χ1) is 17.3. The second-order valence-corrected chi connectivity index (χ2v) is 9.08. The Balaban J connectivity index is 1.42. The summed E-state index contributed by atoms with van der Waals surface area (Å²) in [7, 11) is 0. The van der Waals surface area contributed by atoms with Gasteiger partial charge in [-0.15, -0.1) is 0 Å². The van der Waals surface area contributed by atoms with E-state index in [2.05, 4.69) is 15.8 Å². The van der Waals surface area contributed by atoms with Crippen molar-refractivity contribution in [2.24, 2.45) is 5.92 Å². The quantitative estimate of drug-likeness (QED) is 0.349. The fraction of sp³-hybridized carbons (Fsp3) is 0.333. The molecule has 0 aliphatic heterocycles. The summed E-state index contributed by atoms with van der Waals surface area (Å²) in [6.07, 6.45) is 1.62. The molecular formula is C27H29N3O6. The number of aromatic nitrogens is 1. The molecule has 4 rings (SSSR count). The third kappa shape index (κ3) is 6.50. The van der Waals surface area contributed by atoms with Gasteiger partial charge in [-0.3, -0.25) is 14.9 Å². The Morgan fingerprint density at radius 2 is 1.81 bits per heavy atom. The van der Waals surface area contributed by atoms with Gasteiger partial charge in [-0.25, -0.2) is 4.79 Å². The summed E-state index contributed by atoms with van der Waals surface area (Å²) in [5.41, 5.74) is 2.73. The molecule has 1 aliphatic carbocycles. The third-order valence-corrected chi connectivity index (χ3v) is 6.12. The van der Waals surface area contributed by atoms with E-state index in [9.17, 15) is 14.4 Å². The van der Waals surface area contributed by atoms with Gasteiger partial charge in [0.2, 0.25) is 0 Å². The van der Waals surface area contributed by atoms with Gasteiger partial charge in [0.1, 0.15) is 17.5 Å². The van der Waals surface area contributed by atoms with Crippen molar-refractivity contribution < 1.29 is 28.8 Å². The van der Waals surface area contributed by atoms with Crippen molar-refractivity contribution >= 4 is 23.7 Å². The van der Waals surface area contributed by atoms with E-state index in [1.807, 2.05) is 30.3 Å². The number of carbonyl (C=O) groups is 3. The van der Waals surface area contributed by atoms with Crippen LogP contribution in [-0.2, 0) is 9.53 Å². The normalized spacial score (nSPS) is 14.5. The van der Waals surface area contributed by atoms with Gasteiger partial charge in [0, 0.05) is 17.2 Å². The van der Waals surface area contributed by atoms with E-state index < -0.39 is 24.2 Å². The number of aryl methyl sites for hydroxylation is 1. The summed E-state index contributed by atoms with van der Waals surface area (Å²) in [5.74, 6) is -0.450. The number of amides is 2. The molecular weight excluding hydrogens is 462 g/mol. The molecule has 2 unspecified atom stereocenters. The number of carboxylic acid groups (broad SMARTS) is 1. The fourth-order valence-corrected chi connectivity index (χ4v) is 4.00. The zero-order valence-electron chi connectivity index (χ0n) is 20.2. The Hall–Kier alpha value is -4.14. The van der Waals surface area contributed by atoms with Gasteiger partial charge >= 0.3 is 12.1 Å². The van der Waals surface area contributed by atoms with E-state index in [-0.39, 0.29) is 12.3 Å². The summed E-state index contributed by atoms with van der Waals surface area (Å²) in [6.45, 7) is 3.49. The second kappa shape index (κ2) is 11.1. The Kier molecular flexibility index (Phi) is 7.68. The predicted octanol–water partition coefficient (Wildman–Crippen LogP) is 5.33. The monoisotopic (exact) mass is 491 g/mol. The van der Waals surface area contributed by atoms with Gasteiger partial charge < -0.3 is 19.7 Å². The lowest BCUT2D eigenvalue weighted by molar-refractivity contribution is -0.137. The van der Waals surface area contributed by atoms with Gasteiger partial charge in [0.15, 0.2) is 5.76 Å². The molecule has 9 nitrogen and oxygen atoms in total. The largest absolute Gasteiger partial charge is 0.481 e. The number of carbonyl (C=O) groups excluding carboxylic acids is 2. The molecule has 2 aromatic carbocycles. The number of aliphatic carboxylic acids is 1. The average molecular weight is 492 g/mol. The molecule has 2 atom stereocenters. The van der Waals surface area contributed by atoms with Gasteiger partial charge in [0.05, 0.1) is 6.42 Å². The van der Waals surface area contributed by atoms with E-state index in [4.69, 9.17) is 14.4 Å². The number of carboxylic acids is 1. The van der Waals surface area contributed by atoms with E-state index >= 15 is 0 Å². The lowest BCUT2D eigenvalue weighted by Crippen LogP contribution is -2.36. The summed E-state index contributed by atoms with van der Waals surface area (Å²) >= 11 is 0. The molecule has 1 fully saturated rings. The zero-order chi connectivity index (χ0) is 25.7. The molecule has 188 valence electrons. The summed E-state index contributed by atoms with van der Waals surface area (Å²) in [5, 5.41) is 18.7. The molecule has 1 heterocycles. The number of hydrogen-bond acceptors (Lipinski definition) is 6. The van der Waals surface area contributed by atoms with Gasteiger partial charge in [0.25, 0.3) is 5.91 Å². The van der Waals surface area contributed by atoms with Gasteiger partial charge in [-0.2, -0.15) is 0 Å². The fourth-order valence-electron chi connectivity index (χ4n) is 4.00. The smallest absolute Gasteiger partial charge is 0.412 e. The van der Waals surface area contributed by atoms with Crippen LogP contribution in [-0.4, -0.2) is 34.3 Å². The number of rotatable bonds is 10. The highest BCUT2D eigenvalue weighted by molar-refractivity contribution is 5.96. The second-order valence-electron chi connectivity index (χ2n) is 9.08. The number of anilines is 1. The van der Waals surface area contributed by atoms with Gasteiger partial charge in [-0.05, 0) is 43.9 Å². The van der Waals surface area contributed by atoms with Crippen LogP contribution in [0.5, 0.6) is 0 Å². The molecule has 0 spiro atoms. The van der Waals surface area contributed by atoms with Crippen molar-refractivity contribution in [1.29, 1.82) is 0 Å². The molecule has 1 saturated carbocycles. The first-order valence-electron chi connectivity index (χ1n) is 11.9. The SMILES string of the molecule is Cc1noc(-c2ccc(C(=O)NC(CC(=O)O)CC3CC3)cc2)c1NC(=O)OC(C)c1ccccc1. The lowest BCUT2D eigenvalue weighted by atomic mass is 10.0. The summed E-state index contributed by atoms with van der Waals surface area (Å²) in [4.78, 5) is 36.4. The highest BCUT2D eigenvalue weighted by Crippen LogP contribution is 2.34. The molecule has 3 N–H and O–H groups in total. The van der Waals surface area contributed by atoms with Crippen LogP contribution >= 0.6 is 0 Å². The molecule has 1 aliphatic rings. The van der Waals surface area contributed by atoms with Crippen LogP contribution in [0.15, 0.2) is 59.1 Å². The molecule has 0 bridgehead atoms. The first kappa shape index (κ1) is 25.0. The highest BCUT2D eigenvalue weighted by atomic mass is 16.6. The van der Waals surface area contributed by atoms with Gasteiger partial charge in [-0.1, -0.05) is 60.5 Å². The maximum atomic E-state index is 12.7. The molecule has 36 heavy (non-hydrogen) atoms. The number of ether oxygens (including phenoxy) is 1. The van der Waals surface area contributed by atoms with E-state index in [1.54, 1.807) is 38.1 Å². The lowest BCUT2D eigenvalue weighted by Gasteiger charge is -2.17. The molecule has 0 saturated heterocycles. The van der Waals surface area contributed by atoms with E-state index in [1.165, 1.54) is 0 Å². The van der Waals surface area contributed by atoms with Crippen molar-refractivity contribution in [1.82, 2.24) is 10.5 Å². The minimum absolute atomic E-state index is 0.105. The Bertz CT molecular complexity index is 1220. The van der Waals surface area contributed by atoms with Crippen LogP contribution in [0.4, 0.5) is 10.5 Å². The van der Waals surface area contributed by atoms with E-state index in [0.717, 1.165) is 18.4 Å². The summed E-state index contributed by atoms with van der Waals surface area (Å²) in [6, 6.07) is 15.6. The topological polar surface area (TPSA) is 131 Å². The van der Waals surface area contributed by atoms with E-state index in [0.29, 0.717) is 40.6 Å². The van der Waals surface area contributed by atoms with Crippen molar-refractivity contribution in [3.8, 4) is 11.3 Å². The number of nitrogens with zero attached hydrogens (tertiary/aromatic N) is 1. The minimum Gasteiger partial charge on any atom is -0.481 e. The maximum Gasteiger partial charge on any atom is 0.412 e.